The summed E-state index contributed by atoms with van der Waals surface area (Å²) >= 11 is 0. The molecule has 2 aromatic carbocycles. The van der Waals surface area contributed by atoms with Gasteiger partial charge in [-0.3, -0.25) is 9.78 Å². The molecule has 5 atom stereocenters. The van der Waals surface area contributed by atoms with Crippen LogP contribution in [0.4, 0.5) is 11.4 Å². The Bertz CT molecular complexity index is 1390. The van der Waals surface area contributed by atoms with Gasteiger partial charge in [0.1, 0.15) is 17.5 Å². The molecule has 0 spiro atoms. The predicted octanol–water partition coefficient (Wildman–Crippen LogP) is 3.52. The van der Waals surface area contributed by atoms with Crippen molar-refractivity contribution < 1.29 is 19.7 Å². The number of carbonyl (C=O) groups excluding carboxylic acids is 1. The van der Waals surface area contributed by atoms with Crippen LogP contribution in [0.3, 0.4) is 0 Å². The second kappa shape index (κ2) is 7.92. The summed E-state index contributed by atoms with van der Waals surface area (Å²) in [5, 5.41) is 24.2. The maximum Gasteiger partial charge on any atom is 0.228 e. The molecular formula is C27H22N4O4. The van der Waals surface area contributed by atoms with Gasteiger partial charge in [0, 0.05) is 26.2 Å². The predicted molar refractivity (Wildman–Crippen MR) is 127 cm³/mol. The zero-order valence-corrected chi connectivity index (χ0v) is 19.1. The lowest BCUT2D eigenvalue weighted by atomic mass is 9.71. The Morgan fingerprint density at radius 3 is 2.31 bits per heavy atom. The first-order valence-corrected chi connectivity index (χ1v) is 11.0. The maximum atomic E-state index is 13.5. The molecular weight excluding hydrogens is 444 g/mol. The van der Waals surface area contributed by atoms with Crippen molar-refractivity contribution in [2.75, 3.05) is 14.1 Å². The number of ether oxygens (including phenoxy) is 1. The van der Waals surface area contributed by atoms with Crippen LogP contribution in [0.5, 0.6) is 5.75 Å². The fraction of sp³-hybridized carbons (Fsp3) is 0.259. The van der Waals surface area contributed by atoms with Crippen molar-refractivity contribution in [2.24, 2.45) is 5.92 Å². The molecule has 0 bridgehead atoms. The number of pyridine rings is 1. The van der Waals surface area contributed by atoms with Crippen LogP contribution in [0, 0.1) is 19.1 Å². The van der Waals surface area contributed by atoms with Crippen LogP contribution in [0.2, 0.25) is 0 Å². The smallest absolute Gasteiger partial charge is 0.228 e. The summed E-state index contributed by atoms with van der Waals surface area (Å²) in [6, 6.07) is 17.2. The molecule has 2 aliphatic rings. The van der Waals surface area contributed by atoms with Gasteiger partial charge in [-0.1, -0.05) is 54.6 Å². The topological polar surface area (TPSA) is 91.6 Å². The number of amides is 1. The lowest BCUT2D eigenvalue weighted by molar-refractivity contribution is -0.157. The summed E-state index contributed by atoms with van der Waals surface area (Å²) in [4.78, 5) is 26.1. The van der Waals surface area contributed by atoms with Gasteiger partial charge in [0.25, 0.3) is 0 Å². The second-order valence-corrected chi connectivity index (χ2v) is 9.01. The van der Waals surface area contributed by atoms with Crippen molar-refractivity contribution in [3.8, 4) is 5.75 Å². The summed E-state index contributed by atoms with van der Waals surface area (Å²) in [6.07, 6.45) is -0.257. The van der Waals surface area contributed by atoms with Crippen LogP contribution >= 0.6 is 0 Å². The zero-order valence-electron chi connectivity index (χ0n) is 19.1. The fourth-order valence-corrected chi connectivity index (χ4v) is 5.56. The van der Waals surface area contributed by atoms with E-state index in [2.05, 4.69) is 14.7 Å². The third kappa shape index (κ3) is 2.91. The number of fused-ring (bicyclic) bond motifs is 3. The summed E-state index contributed by atoms with van der Waals surface area (Å²) in [5.41, 5.74) is -1.90. The first-order chi connectivity index (χ1) is 16.8. The van der Waals surface area contributed by atoms with E-state index in [9.17, 15) is 15.0 Å². The Kier molecular flexibility index (Phi) is 5.10. The number of rotatable bonds is 3. The van der Waals surface area contributed by atoms with Gasteiger partial charge < -0.3 is 19.8 Å². The van der Waals surface area contributed by atoms with Crippen molar-refractivity contribution in [3.63, 3.8) is 0 Å². The van der Waals surface area contributed by atoms with Crippen LogP contribution in [-0.4, -0.2) is 46.2 Å². The van der Waals surface area contributed by atoms with Gasteiger partial charge in [-0.2, -0.15) is 0 Å². The monoisotopic (exact) mass is 466 g/mol. The van der Waals surface area contributed by atoms with Crippen molar-refractivity contribution in [1.82, 2.24) is 9.88 Å². The van der Waals surface area contributed by atoms with Crippen LogP contribution in [0.15, 0.2) is 66.9 Å². The minimum absolute atomic E-state index is 0.0710. The van der Waals surface area contributed by atoms with E-state index < -0.39 is 29.1 Å². The highest BCUT2D eigenvalue weighted by atomic mass is 16.5. The SMILES string of the molecule is [C-]#[N+]c1ccc([C@@]23Oc4cc([N+]#[C-])cnc4[C@]2(O)[C@H](O)[C@H](C(=O)N(C)C)[C@H]3c2ccccc2)cc1. The number of carbonyl (C=O) groups is 1. The molecule has 0 radical (unpaired) electrons. The van der Waals surface area contributed by atoms with Crippen molar-refractivity contribution in [2.45, 2.75) is 23.2 Å². The van der Waals surface area contributed by atoms with Crippen LogP contribution in [0.25, 0.3) is 9.69 Å². The molecule has 2 N–H and O–H groups in total. The molecule has 1 fully saturated rings. The van der Waals surface area contributed by atoms with Gasteiger partial charge in [0.05, 0.1) is 19.1 Å². The highest BCUT2D eigenvalue weighted by Crippen LogP contribution is 2.68. The first kappa shape index (κ1) is 22.5. The Hall–Kier alpha value is -4.24. The summed E-state index contributed by atoms with van der Waals surface area (Å²) < 4.78 is 6.56. The number of hydrogen-bond donors (Lipinski definition) is 2. The third-order valence-electron chi connectivity index (χ3n) is 7.04. The van der Waals surface area contributed by atoms with Crippen LogP contribution in [-0.2, 0) is 16.0 Å². The first-order valence-electron chi connectivity index (χ1n) is 11.0. The van der Waals surface area contributed by atoms with E-state index in [0.717, 1.165) is 0 Å². The molecule has 2 heterocycles. The molecule has 3 aromatic rings. The molecule has 174 valence electrons. The number of aromatic nitrogens is 1. The number of aliphatic hydroxyl groups is 2. The molecule has 1 aliphatic heterocycles. The molecule has 0 saturated heterocycles. The molecule has 8 nitrogen and oxygen atoms in total. The fourth-order valence-electron chi connectivity index (χ4n) is 5.56. The summed E-state index contributed by atoms with van der Waals surface area (Å²) in [5.74, 6) is -2.07. The number of nitrogens with zero attached hydrogens (tertiary/aromatic N) is 4. The highest BCUT2D eigenvalue weighted by molar-refractivity contribution is 5.82. The van der Waals surface area contributed by atoms with Gasteiger partial charge >= 0.3 is 0 Å². The maximum absolute atomic E-state index is 13.5. The summed E-state index contributed by atoms with van der Waals surface area (Å²) in [7, 11) is 3.20. The average molecular weight is 466 g/mol. The largest absolute Gasteiger partial charge is 0.478 e. The van der Waals surface area contributed by atoms with E-state index >= 15 is 0 Å². The standard InChI is InChI=1S/C27H22N4O4/c1-28-18-12-10-17(11-13-18)27-22(16-8-6-5-7-9-16)21(25(33)31(3)4)24(32)26(27,34)23-20(35-27)14-19(29-2)15-30-23/h5-15,21-22,24,32,34H,3-4H3/t21-,22-,24-,26+,27+/m1/s1. The van der Waals surface area contributed by atoms with Gasteiger partial charge in [0.15, 0.2) is 16.9 Å². The lowest BCUT2D eigenvalue weighted by Gasteiger charge is -2.40. The molecule has 35 heavy (non-hydrogen) atoms. The van der Waals surface area contributed by atoms with Crippen molar-refractivity contribution in [3.05, 3.63) is 107 Å². The van der Waals surface area contributed by atoms with Gasteiger partial charge in [-0.05, 0) is 17.2 Å². The van der Waals surface area contributed by atoms with E-state index in [0.29, 0.717) is 16.8 Å². The Morgan fingerprint density at radius 2 is 1.71 bits per heavy atom. The Balaban J connectivity index is 1.86. The van der Waals surface area contributed by atoms with Gasteiger partial charge in [-0.25, -0.2) is 9.69 Å². The van der Waals surface area contributed by atoms with E-state index in [4.69, 9.17) is 17.9 Å². The van der Waals surface area contributed by atoms with E-state index in [1.54, 1.807) is 38.4 Å². The molecule has 8 heteroatoms. The van der Waals surface area contributed by atoms with Crippen LogP contribution in [0.1, 0.15) is 22.7 Å². The van der Waals surface area contributed by atoms with E-state index in [1.165, 1.54) is 17.2 Å². The summed E-state index contributed by atoms with van der Waals surface area (Å²) in [6.45, 7) is 14.7. The van der Waals surface area contributed by atoms with Crippen LogP contribution < -0.4 is 4.74 Å². The quantitative estimate of drug-likeness (QED) is 0.577. The number of aliphatic hydroxyl groups excluding tert-OH is 1. The molecule has 1 amide bonds. The van der Waals surface area contributed by atoms with E-state index in [1.807, 2.05) is 30.3 Å². The average Bonchev–Trinajstić information content (AvgIpc) is 3.26. The molecule has 1 aliphatic carbocycles. The second-order valence-electron chi connectivity index (χ2n) is 9.01. The number of hydrogen-bond acceptors (Lipinski definition) is 5. The molecule has 1 aromatic heterocycles. The Labute approximate surface area is 202 Å². The van der Waals surface area contributed by atoms with Crippen molar-refractivity contribution in [1.29, 1.82) is 0 Å². The Morgan fingerprint density at radius 1 is 1.06 bits per heavy atom. The highest BCUT2D eigenvalue weighted by Gasteiger charge is 2.78. The van der Waals surface area contributed by atoms with Crippen molar-refractivity contribution >= 4 is 17.3 Å². The van der Waals surface area contributed by atoms with Gasteiger partial charge in [-0.15, -0.1) is 0 Å². The number of benzene rings is 2. The molecule has 1 saturated carbocycles. The lowest BCUT2D eigenvalue weighted by Crippen LogP contribution is -2.52. The third-order valence-corrected chi connectivity index (χ3v) is 7.04. The minimum atomic E-state index is -2.11. The minimum Gasteiger partial charge on any atom is -0.478 e. The van der Waals surface area contributed by atoms with E-state index in [-0.39, 0.29) is 23.0 Å². The van der Waals surface area contributed by atoms with Gasteiger partial charge in [0.2, 0.25) is 11.6 Å². The zero-order chi connectivity index (χ0) is 25.0. The normalized spacial score (nSPS) is 28.2. The molecule has 5 rings (SSSR count). The molecule has 0 unspecified atom stereocenters.